The van der Waals surface area contributed by atoms with Crippen LogP contribution < -0.4 is 0 Å². The number of benzene rings is 6. The minimum absolute atomic E-state index is 0.251. The average molecular weight is 575 g/mol. The van der Waals surface area contributed by atoms with Gasteiger partial charge in [-0.2, -0.15) is 0 Å². The molecule has 0 spiro atoms. The van der Waals surface area contributed by atoms with Crippen molar-refractivity contribution in [3.05, 3.63) is 162 Å². The summed E-state index contributed by atoms with van der Waals surface area (Å²) in [4.78, 5) is 0. The van der Waals surface area contributed by atoms with Gasteiger partial charge >= 0.3 is 0 Å². The zero-order valence-corrected chi connectivity index (χ0v) is 24.4. The van der Waals surface area contributed by atoms with Crippen LogP contribution in [-0.2, 0) is 5.41 Å². The second-order valence-corrected chi connectivity index (χ2v) is 11.9. The lowest BCUT2D eigenvalue weighted by atomic mass is 9.71. The summed E-state index contributed by atoms with van der Waals surface area (Å²) >= 11 is 0. The van der Waals surface area contributed by atoms with E-state index in [0.717, 1.165) is 63.8 Å². The highest BCUT2D eigenvalue weighted by molar-refractivity contribution is 5.74. The maximum absolute atomic E-state index is 11.0. The van der Waals surface area contributed by atoms with E-state index in [1.165, 1.54) is 5.56 Å². The van der Waals surface area contributed by atoms with Crippen molar-refractivity contribution in [2.45, 2.75) is 30.6 Å². The Bertz CT molecular complexity index is 1820. The molecule has 3 heteroatoms. The average Bonchev–Trinajstić information content (AvgIpc) is 3.53. The minimum Gasteiger partial charge on any atom is -0.507 e. The van der Waals surface area contributed by atoms with E-state index in [9.17, 15) is 15.3 Å². The van der Waals surface area contributed by atoms with Crippen LogP contribution in [0.4, 0.5) is 0 Å². The number of hydrogen-bond donors (Lipinski definition) is 3. The Morgan fingerprint density at radius 3 is 1.32 bits per heavy atom. The topological polar surface area (TPSA) is 60.7 Å². The van der Waals surface area contributed by atoms with Gasteiger partial charge in [0.1, 0.15) is 17.2 Å². The first-order valence-electron chi connectivity index (χ1n) is 15.2. The van der Waals surface area contributed by atoms with Crippen LogP contribution in [0.15, 0.2) is 146 Å². The van der Waals surface area contributed by atoms with Crippen molar-refractivity contribution >= 4 is 0 Å². The van der Waals surface area contributed by atoms with E-state index < -0.39 is 0 Å². The van der Waals surface area contributed by atoms with Crippen LogP contribution in [0.5, 0.6) is 17.2 Å². The summed E-state index contributed by atoms with van der Waals surface area (Å²) in [5.41, 5.74) is 8.52. The zero-order chi connectivity index (χ0) is 30.1. The molecule has 0 radical (unpaired) electrons. The molecule has 7 rings (SSSR count). The molecule has 1 saturated carbocycles. The van der Waals surface area contributed by atoms with Gasteiger partial charge in [-0.15, -0.1) is 0 Å². The molecule has 0 aromatic heterocycles. The van der Waals surface area contributed by atoms with Gasteiger partial charge in [0.05, 0.1) is 0 Å². The third-order valence-electron chi connectivity index (χ3n) is 9.36. The van der Waals surface area contributed by atoms with Gasteiger partial charge < -0.3 is 15.3 Å². The van der Waals surface area contributed by atoms with Crippen molar-refractivity contribution < 1.29 is 15.3 Å². The molecule has 0 amide bonds. The third-order valence-corrected chi connectivity index (χ3v) is 9.36. The standard InChI is InChI=1S/C41H34O3/c42-38-19-16-31(24-35(38)28-10-4-1-5-11-28)32-22-23-41(27-32,33-17-20-39(43)36(25-33)29-12-6-2-7-13-29)34-18-21-40(44)37(26-34)30-14-8-3-9-15-30/h1-21,24-26,32,42-44H,22-23,27H2. The number of aromatic hydroxyl groups is 3. The molecular formula is C41H34O3. The van der Waals surface area contributed by atoms with Gasteiger partial charge in [-0.3, -0.25) is 0 Å². The third kappa shape index (κ3) is 5.01. The number of phenolic OH excluding ortho intramolecular Hbond substituents is 3. The largest absolute Gasteiger partial charge is 0.507 e. The normalized spacial score (nSPS) is 15.7. The van der Waals surface area contributed by atoms with Crippen LogP contribution in [0.3, 0.4) is 0 Å². The first-order valence-corrected chi connectivity index (χ1v) is 15.2. The Morgan fingerprint density at radius 1 is 0.455 bits per heavy atom. The van der Waals surface area contributed by atoms with Crippen LogP contribution in [0.25, 0.3) is 33.4 Å². The first kappa shape index (κ1) is 27.5. The molecule has 6 aromatic rings. The summed E-state index contributed by atoms with van der Waals surface area (Å²) in [5, 5.41) is 32.7. The summed E-state index contributed by atoms with van der Waals surface area (Å²) in [6.45, 7) is 0. The van der Waals surface area contributed by atoms with Crippen LogP contribution >= 0.6 is 0 Å². The highest BCUT2D eigenvalue weighted by Gasteiger charge is 2.43. The van der Waals surface area contributed by atoms with E-state index in [2.05, 4.69) is 36.4 Å². The van der Waals surface area contributed by atoms with Gasteiger partial charge in [0.2, 0.25) is 0 Å². The van der Waals surface area contributed by atoms with Gasteiger partial charge in [0.25, 0.3) is 0 Å². The van der Waals surface area contributed by atoms with E-state index in [4.69, 9.17) is 0 Å². The van der Waals surface area contributed by atoms with Crippen molar-refractivity contribution in [2.75, 3.05) is 0 Å². The smallest absolute Gasteiger partial charge is 0.123 e. The van der Waals surface area contributed by atoms with Crippen LogP contribution in [0.1, 0.15) is 41.9 Å². The van der Waals surface area contributed by atoms with Crippen molar-refractivity contribution in [3.63, 3.8) is 0 Å². The lowest BCUT2D eigenvalue weighted by Gasteiger charge is -2.32. The molecule has 0 aliphatic heterocycles. The maximum Gasteiger partial charge on any atom is 0.123 e. The van der Waals surface area contributed by atoms with Gasteiger partial charge in [-0.05, 0) is 95.0 Å². The molecule has 1 aliphatic rings. The molecule has 1 aliphatic carbocycles. The fraction of sp³-hybridized carbons (Fsp3) is 0.122. The van der Waals surface area contributed by atoms with E-state index in [-0.39, 0.29) is 28.6 Å². The molecule has 0 saturated heterocycles. The second kappa shape index (κ2) is 11.4. The van der Waals surface area contributed by atoms with Gasteiger partial charge in [-0.1, -0.05) is 109 Å². The van der Waals surface area contributed by atoms with Crippen molar-refractivity contribution in [1.29, 1.82) is 0 Å². The van der Waals surface area contributed by atoms with Crippen LogP contribution in [0.2, 0.25) is 0 Å². The SMILES string of the molecule is Oc1ccc(C2CCC(c3ccc(O)c(-c4ccccc4)c3)(c3ccc(O)c(-c4ccccc4)c3)C2)cc1-c1ccccc1. The summed E-state index contributed by atoms with van der Waals surface area (Å²) in [7, 11) is 0. The molecule has 0 bridgehead atoms. The van der Waals surface area contributed by atoms with Crippen molar-refractivity contribution in [3.8, 4) is 50.6 Å². The highest BCUT2D eigenvalue weighted by Crippen LogP contribution is 2.54. The van der Waals surface area contributed by atoms with Crippen LogP contribution in [0, 0.1) is 0 Å². The van der Waals surface area contributed by atoms with Gasteiger partial charge in [-0.25, -0.2) is 0 Å². The molecule has 6 aromatic carbocycles. The lowest BCUT2D eigenvalue weighted by Crippen LogP contribution is -2.24. The zero-order valence-electron chi connectivity index (χ0n) is 24.4. The van der Waals surface area contributed by atoms with Gasteiger partial charge in [0, 0.05) is 22.1 Å². The molecule has 0 heterocycles. The fourth-order valence-corrected chi connectivity index (χ4v) is 7.04. The molecular weight excluding hydrogens is 540 g/mol. The maximum atomic E-state index is 11.0. The van der Waals surface area contributed by atoms with E-state index >= 15 is 0 Å². The molecule has 3 nitrogen and oxygen atoms in total. The monoisotopic (exact) mass is 574 g/mol. The lowest BCUT2D eigenvalue weighted by molar-refractivity contribution is 0.473. The fourth-order valence-electron chi connectivity index (χ4n) is 7.04. The molecule has 216 valence electrons. The number of phenols is 3. The summed E-state index contributed by atoms with van der Waals surface area (Å²) in [6, 6.07) is 48.1. The molecule has 1 atom stereocenters. The highest BCUT2D eigenvalue weighted by atomic mass is 16.3. The van der Waals surface area contributed by atoms with Crippen molar-refractivity contribution in [2.24, 2.45) is 0 Å². The van der Waals surface area contributed by atoms with Gasteiger partial charge in [0.15, 0.2) is 0 Å². The quantitative estimate of drug-likeness (QED) is 0.185. The Hall–Kier alpha value is -5.28. The minimum atomic E-state index is -0.357. The molecule has 3 N–H and O–H groups in total. The predicted octanol–water partition coefficient (Wildman–Crippen LogP) is 10.1. The Morgan fingerprint density at radius 2 is 0.864 bits per heavy atom. The second-order valence-electron chi connectivity index (χ2n) is 11.9. The first-order chi connectivity index (χ1) is 21.5. The molecule has 1 unspecified atom stereocenters. The van der Waals surface area contributed by atoms with E-state index in [1.807, 2.05) is 109 Å². The van der Waals surface area contributed by atoms with Crippen LogP contribution in [-0.4, -0.2) is 15.3 Å². The van der Waals surface area contributed by atoms with Crippen molar-refractivity contribution in [1.82, 2.24) is 0 Å². The Labute approximate surface area is 258 Å². The predicted molar refractivity (Wildman–Crippen MR) is 178 cm³/mol. The van der Waals surface area contributed by atoms with E-state index in [1.54, 1.807) is 0 Å². The number of hydrogen-bond acceptors (Lipinski definition) is 3. The summed E-state index contributed by atoms with van der Waals surface area (Å²) in [5.74, 6) is 1.04. The molecule has 1 fully saturated rings. The molecule has 44 heavy (non-hydrogen) atoms. The summed E-state index contributed by atoms with van der Waals surface area (Å²) in [6.07, 6.45) is 2.71. The Balaban J connectivity index is 1.37. The Kier molecular flexibility index (Phi) is 7.15. The summed E-state index contributed by atoms with van der Waals surface area (Å²) < 4.78 is 0. The van der Waals surface area contributed by atoms with E-state index in [0.29, 0.717) is 0 Å². The number of rotatable bonds is 6.